The smallest absolute Gasteiger partial charge is 0.282 e. The number of nitrogens with one attached hydrogen (secondary N) is 1. The van der Waals surface area contributed by atoms with Crippen molar-refractivity contribution in [1.29, 1.82) is 0 Å². The summed E-state index contributed by atoms with van der Waals surface area (Å²) in [5.74, 6) is -1.59. The predicted molar refractivity (Wildman–Crippen MR) is 142 cm³/mol. The van der Waals surface area contributed by atoms with E-state index in [2.05, 4.69) is 12.0 Å². The molecular weight excluding hydrogens is 518 g/mol. The van der Waals surface area contributed by atoms with Crippen LogP contribution in [0.15, 0.2) is 53.0 Å². The molecule has 1 aromatic heterocycles. The molecule has 0 saturated carbocycles. The Bertz CT molecular complexity index is 1500. The van der Waals surface area contributed by atoms with Crippen molar-refractivity contribution >= 4 is 46.3 Å². The average molecular weight is 543 g/mol. The Hall–Kier alpha value is -3.36. The van der Waals surface area contributed by atoms with Crippen molar-refractivity contribution in [3.8, 4) is 5.69 Å². The number of piperidine rings is 1. The number of anilines is 1. The molecule has 1 fully saturated rings. The minimum atomic E-state index is -0.726. The van der Waals surface area contributed by atoms with Crippen LogP contribution in [0.3, 0.4) is 0 Å². The fourth-order valence-electron chi connectivity index (χ4n) is 4.92. The van der Waals surface area contributed by atoms with Gasteiger partial charge in [-0.25, -0.2) is 14.0 Å². The number of rotatable bonds is 5. The summed E-state index contributed by atoms with van der Waals surface area (Å²) in [7, 11) is 0. The molecule has 0 aliphatic carbocycles. The molecule has 7 nitrogen and oxygen atoms in total. The van der Waals surface area contributed by atoms with Gasteiger partial charge in [-0.1, -0.05) is 49.2 Å². The zero-order valence-electron chi connectivity index (χ0n) is 20.4. The van der Waals surface area contributed by atoms with Crippen LogP contribution in [0, 0.1) is 11.7 Å². The van der Waals surface area contributed by atoms with E-state index in [-0.39, 0.29) is 27.5 Å². The molecule has 1 saturated heterocycles. The van der Waals surface area contributed by atoms with Gasteiger partial charge in [-0.2, -0.15) is 0 Å². The monoisotopic (exact) mass is 542 g/mol. The number of hydrogen-bond donors (Lipinski definition) is 1. The summed E-state index contributed by atoms with van der Waals surface area (Å²) in [4.78, 5) is 44.2. The molecule has 0 spiro atoms. The lowest BCUT2D eigenvalue weighted by molar-refractivity contribution is -0.120. The Morgan fingerprint density at radius 1 is 1.00 bits per heavy atom. The highest BCUT2D eigenvalue weighted by molar-refractivity contribution is 6.45. The highest BCUT2D eigenvalue weighted by Gasteiger charge is 2.45. The lowest BCUT2D eigenvalue weighted by Gasteiger charge is -2.32. The van der Waals surface area contributed by atoms with E-state index in [4.69, 9.17) is 23.2 Å². The second-order valence-corrected chi connectivity index (χ2v) is 10.2. The minimum absolute atomic E-state index is 0.0142. The Morgan fingerprint density at radius 2 is 1.70 bits per heavy atom. The van der Waals surface area contributed by atoms with Crippen molar-refractivity contribution in [1.82, 2.24) is 14.7 Å². The summed E-state index contributed by atoms with van der Waals surface area (Å²) in [6, 6.07) is 10.4. The molecule has 2 aliphatic rings. The maximum atomic E-state index is 14.8. The first-order chi connectivity index (χ1) is 17.7. The second-order valence-electron chi connectivity index (χ2n) is 9.35. The van der Waals surface area contributed by atoms with Crippen LogP contribution >= 0.6 is 23.2 Å². The van der Waals surface area contributed by atoms with Crippen LogP contribution < -0.4 is 10.5 Å². The first-order valence-electron chi connectivity index (χ1n) is 12.1. The number of aromatic amines is 1. The number of carbonyl (C=O) groups is 2. The number of benzene rings is 2. The zero-order valence-corrected chi connectivity index (χ0v) is 21.9. The number of carbonyl (C=O) groups excluding carboxylic acids is 2. The van der Waals surface area contributed by atoms with Gasteiger partial charge >= 0.3 is 0 Å². The first kappa shape index (κ1) is 25.3. The number of likely N-dealkylation sites (tertiary alicyclic amines) is 1. The Kier molecular flexibility index (Phi) is 6.72. The number of nitrogens with zero attached hydrogens (tertiary/aromatic N) is 3. The summed E-state index contributed by atoms with van der Waals surface area (Å²) in [5.41, 5.74) is 0.465. The van der Waals surface area contributed by atoms with Crippen LogP contribution in [0.25, 0.3) is 11.3 Å². The van der Waals surface area contributed by atoms with Gasteiger partial charge in [0.2, 0.25) is 0 Å². The molecule has 192 valence electrons. The molecule has 2 aromatic carbocycles. The normalized spacial score (nSPS) is 16.9. The zero-order chi connectivity index (χ0) is 26.4. The number of H-pyrrole nitrogens is 1. The molecule has 2 amide bonds. The third-order valence-electron chi connectivity index (χ3n) is 6.98. The van der Waals surface area contributed by atoms with Crippen LogP contribution in [0.5, 0.6) is 0 Å². The number of imide groups is 1. The van der Waals surface area contributed by atoms with Crippen LogP contribution in [-0.2, 0) is 16.0 Å². The van der Waals surface area contributed by atoms with Crippen LogP contribution in [0.4, 0.5) is 10.1 Å². The molecule has 0 atom stereocenters. The lowest BCUT2D eigenvalue weighted by Crippen LogP contribution is -2.38. The molecule has 3 heterocycles. The summed E-state index contributed by atoms with van der Waals surface area (Å²) in [5, 5.41) is 3.67. The van der Waals surface area contributed by atoms with Gasteiger partial charge in [0.15, 0.2) is 0 Å². The van der Waals surface area contributed by atoms with Gasteiger partial charge < -0.3 is 4.90 Å². The highest BCUT2D eigenvalue weighted by Crippen LogP contribution is 2.37. The van der Waals surface area contributed by atoms with Gasteiger partial charge in [-0.05, 0) is 55.5 Å². The molecule has 0 unspecified atom stereocenters. The quantitative estimate of drug-likeness (QED) is 0.450. The van der Waals surface area contributed by atoms with E-state index in [9.17, 15) is 18.8 Å². The second kappa shape index (κ2) is 9.84. The molecule has 3 aromatic rings. The number of amides is 2. The lowest BCUT2D eigenvalue weighted by atomic mass is 9.97. The Balaban J connectivity index is 1.72. The molecule has 0 radical (unpaired) electrons. The van der Waals surface area contributed by atoms with Gasteiger partial charge in [0.05, 0.1) is 32.6 Å². The first-order valence-corrected chi connectivity index (χ1v) is 12.9. The minimum Gasteiger partial charge on any atom is -0.366 e. The van der Waals surface area contributed by atoms with Crippen molar-refractivity contribution in [3.63, 3.8) is 0 Å². The van der Waals surface area contributed by atoms with Crippen molar-refractivity contribution in [2.45, 2.75) is 33.1 Å². The molecule has 2 aliphatic heterocycles. The van der Waals surface area contributed by atoms with Crippen molar-refractivity contribution < 1.29 is 14.0 Å². The van der Waals surface area contributed by atoms with Crippen LogP contribution in [0.2, 0.25) is 10.0 Å². The molecule has 1 N–H and O–H groups in total. The van der Waals surface area contributed by atoms with E-state index in [1.807, 2.05) is 11.8 Å². The SMILES string of the molecule is CCc1[nH]n(-c2ccc(Cl)c(Cl)c2)c(=O)c1C1=C(N2CCC(C)CC2)C(=O)N(c2ccccc2F)C1=O. The van der Waals surface area contributed by atoms with Crippen molar-refractivity contribution in [2.24, 2.45) is 5.92 Å². The van der Waals surface area contributed by atoms with E-state index in [0.717, 1.165) is 17.7 Å². The molecule has 10 heteroatoms. The van der Waals surface area contributed by atoms with Crippen molar-refractivity contribution in [2.75, 3.05) is 18.0 Å². The van der Waals surface area contributed by atoms with Crippen LogP contribution in [0.1, 0.15) is 37.9 Å². The Morgan fingerprint density at radius 3 is 2.35 bits per heavy atom. The van der Waals surface area contributed by atoms with Gasteiger partial charge in [0, 0.05) is 18.8 Å². The fourth-order valence-corrected chi connectivity index (χ4v) is 5.22. The van der Waals surface area contributed by atoms with Crippen LogP contribution in [-0.4, -0.2) is 39.6 Å². The van der Waals surface area contributed by atoms with Gasteiger partial charge in [0.25, 0.3) is 17.4 Å². The number of aryl methyl sites for hydroxylation is 1. The van der Waals surface area contributed by atoms with Gasteiger partial charge in [-0.3, -0.25) is 19.5 Å². The van der Waals surface area contributed by atoms with E-state index in [0.29, 0.717) is 41.8 Å². The topological polar surface area (TPSA) is 78.4 Å². The number of aromatic nitrogens is 2. The summed E-state index contributed by atoms with van der Waals surface area (Å²) >= 11 is 12.2. The average Bonchev–Trinajstić information content (AvgIpc) is 3.34. The Labute approximate surface area is 223 Å². The summed E-state index contributed by atoms with van der Waals surface area (Å²) in [6.45, 7) is 5.08. The van der Waals surface area contributed by atoms with E-state index in [1.165, 1.54) is 22.9 Å². The fraction of sp³-hybridized carbons (Fsp3) is 0.296. The maximum Gasteiger partial charge on any atom is 0.282 e. The number of halogens is 3. The number of hydrogen-bond acceptors (Lipinski definition) is 4. The molecule has 5 rings (SSSR count). The van der Waals surface area contributed by atoms with Crippen molar-refractivity contribution in [3.05, 3.63) is 85.6 Å². The van der Waals surface area contributed by atoms with Gasteiger partial charge in [0.1, 0.15) is 11.5 Å². The number of para-hydroxylation sites is 1. The van der Waals surface area contributed by atoms with E-state index < -0.39 is 23.2 Å². The third-order valence-corrected chi connectivity index (χ3v) is 7.72. The predicted octanol–water partition coefficient (Wildman–Crippen LogP) is 5.19. The highest BCUT2D eigenvalue weighted by atomic mass is 35.5. The summed E-state index contributed by atoms with van der Waals surface area (Å²) < 4.78 is 16.1. The van der Waals surface area contributed by atoms with E-state index >= 15 is 0 Å². The van der Waals surface area contributed by atoms with E-state index in [1.54, 1.807) is 24.3 Å². The molecule has 0 bridgehead atoms. The third kappa shape index (κ3) is 4.28. The van der Waals surface area contributed by atoms with Gasteiger partial charge in [-0.15, -0.1) is 0 Å². The molecular formula is C27H25Cl2FN4O3. The summed E-state index contributed by atoms with van der Waals surface area (Å²) in [6.07, 6.45) is 2.05. The largest absolute Gasteiger partial charge is 0.366 e. The standard InChI is InChI=1S/C27H25Cl2FN4O3/c1-3-20-22(26(36)34(31-20)16-8-9-17(28)18(29)14-16)23-24(32-12-10-15(2)11-13-32)27(37)33(25(23)35)21-7-5-4-6-19(21)30/h4-9,14-15,31H,3,10-13H2,1-2H3. The molecule has 37 heavy (non-hydrogen) atoms. The maximum absolute atomic E-state index is 14.8.